The topological polar surface area (TPSA) is 90.2 Å². The largest absolute Gasteiger partial charge is 0.364 e. The fraction of sp³-hybridized carbons (Fsp3) is 0.400. The third kappa shape index (κ3) is 6.28. The van der Waals surface area contributed by atoms with Crippen LogP contribution in [0.25, 0.3) is 11.3 Å². The van der Waals surface area contributed by atoms with Gasteiger partial charge >= 0.3 is 5.17 Å². The van der Waals surface area contributed by atoms with E-state index in [4.69, 9.17) is 0 Å². The molecule has 7 nitrogen and oxygen atoms in total. The fourth-order valence-electron chi connectivity index (χ4n) is 3.93. The second-order valence-corrected chi connectivity index (χ2v) is 9.24. The fourth-order valence-corrected chi connectivity index (χ4v) is 4.77. The molecular weight excluding hydrogens is 434 g/mol. The zero-order valence-electron chi connectivity index (χ0n) is 18.9. The van der Waals surface area contributed by atoms with Crippen LogP contribution >= 0.6 is 11.8 Å². The lowest BCUT2D eigenvalue weighted by Crippen LogP contribution is -2.29. The SMILES string of the molecule is CCC(=O)CCCCC[C@H](NC(=O)CC1=C[N+]2=CCSC2=N1)c1ncc(-c2ccccc2)[nH]1. The molecule has 0 saturated heterocycles. The number of thioether (sulfide) groups is 1. The van der Waals surface area contributed by atoms with Gasteiger partial charge in [0.15, 0.2) is 0 Å². The van der Waals surface area contributed by atoms with E-state index >= 15 is 0 Å². The van der Waals surface area contributed by atoms with Gasteiger partial charge in [0.05, 0.1) is 36.3 Å². The molecule has 0 bridgehead atoms. The Hall–Kier alpha value is -3.00. The van der Waals surface area contributed by atoms with E-state index in [1.54, 1.807) is 11.8 Å². The van der Waals surface area contributed by atoms with E-state index in [9.17, 15) is 9.59 Å². The summed E-state index contributed by atoms with van der Waals surface area (Å²) in [6.45, 7) is 1.90. The van der Waals surface area contributed by atoms with Crippen molar-refractivity contribution < 1.29 is 14.2 Å². The summed E-state index contributed by atoms with van der Waals surface area (Å²) in [4.78, 5) is 36.9. The molecule has 0 saturated carbocycles. The number of Topliss-reactive ketones (excluding diaryl/α,β-unsaturated/α-hetero) is 1. The quantitative estimate of drug-likeness (QED) is 0.355. The Kier molecular flexibility index (Phi) is 7.88. The normalized spacial score (nSPS) is 15.5. The molecular formula is C25H30N5O2S+. The van der Waals surface area contributed by atoms with Crippen molar-refractivity contribution in [2.24, 2.45) is 4.99 Å². The average molecular weight is 465 g/mol. The number of benzene rings is 1. The van der Waals surface area contributed by atoms with Gasteiger partial charge in [-0.1, -0.05) is 50.1 Å². The Labute approximate surface area is 198 Å². The Balaban J connectivity index is 1.39. The Morgan fingerprint density at radius 2 is 2.06 bits per heavy atom. The predicted octanol–water partition coefficient (Wildman–Crippen LogP) is 4.59. The predicted molar refractivity (Wildman–Crippen MR) is 132 cm³/mol. The lowest BCUT2D eigenvalue weighted by molar-refractivity contribution is -0.305. The summed E-state index contributed by atoms with van der Waals surface area (Å²) in [6.07, 6.45) is 10.8. The highest BCUT2D eigenvalue weighted by molar-refractivity contribution is 8.14. The number of aromatic amines is 1. The van der Waals surface area contributed by atoms with Gasteiger partial charge in [-0.3, -0.25) is 9.59 Å². The lowest BCUT2D eigenvalue weighted by Gasteiger charge is -2.16. The maximum absolute atomic E-state index is 12.9. The van der Waals surface area contributed by atoms with Crippen LogP contribution in [0.1, 0.15) is 63.7 Å². The highest BCUT2D eigenvalue weighted by atomic mass is 32.2. The maximum Gasteiger partial charge on any atom is 0.364 e. The van der Waals surface area contributed by atoms with E-state index in [0.717, 1.165) is 59.4 Å². The van der Waals surface area contributed by atoms with Crippen molar-refractivity contribution in [1.82, 2.24) is 15.3 Å². The molecule has 1 atom stereocenters. The minimum atomic E-state index is -0.216. The summed E-state index contributed by atoms with van der Waals surface area (Å²) in [7, 11) is 0. The molecule has 1 aromatic carbocycles. The molecule has 0 fully saturated rings. The van der Waals surface area contributed by atoms with Gasteiger partial charge in [-0.25, -0.2) is 4.98 Å². The summed E-state index contributed by atoms with van der Waals surface area (Å²) in [5, 5.41) is 4.10. The molecule has 2 aromatic rings. The van der Waals surface area contributed by atoms with Crippen LogP contribution in [-0.2, 0) is 9.59 Å². The molecule has 0 radical (unpaired) electrons. The van der Waals surface area contributed by atoms with Crippen LogP contribution in [-0.4, -0.2) is 43.4 Å². The number of aromatic nitrogens is 2. The molecule has 8 heteroatoms. The van der Waals surface area contributed by atoms with E-state index in [-0.39, 0.29) is 18.4 Å². The third-order valence-corrected chi connectivity index (χ3v) is 6.64. The van der Waals surface area contributed by atoms with Gasteiger partial charge in [0, 0.05) is 12.8 Å². The maximum atomic E-state index is 12.9. The number of carbonyl (C=O) groups excluding carboxylic acids is 2. The summed E-state index contributed by atoms with van der Waals surface area (Å²) in [5.74, 6) is 1.91. The monoisotopic (exact) mass is 464 g/mol. The molecule has 0 unspecified atom stereocenters. The summed E-state index contributed by atoms with van der Waals surface area (Å²) in [6, 6.07) is 9.81. The van der Waals surface area contributed by atoms with Crippen molar-refractivity contribution in [2.75, 3.05) is 5.75 Å². The summed E-state index contributed by atoms with van der Waals surface area (Å²) in [5.41, 5.74) is 2.75. The first-order valence-corrected chi connectivity index (χ1v) is 12.6. The minimum absolute atomic E-state index is 0.0689. The highest BCUT2D eigenvalue weighted by Gasteiger charge is 2.30. The van der Waals surface area contributed by atoms with Crippen molar-refractivity contribution in [2.45, 2.75) is 57.9 Å². The van der Waals surface area contributed by atoms with Crippen LogP contribution in [0.2, 0.25) is 0 Å². The van der Waals surface area contributed by atoms with Crippen LogP contribution in [0.15, 0.2) is 53.4 Å². The smallest absolute Gasteiger partial charge is 0.346 e. The molecule has 2 aliphatic heterocycles. The Morgan fingerprint density at radius 3 is 2.85 bits per heavy atom. The number of hydrogen-bond donors (Lipinski definition) is 2. The number of rotatable bonds is 12. The molecule has 1 amide bonds. The molecule has 4 rings (SSSR count). The second kappa shape index (κ2) is 11.2. The van der Waals surface area contributed by atoms with Crippen LogP contribution < -0.4 is 5.32 Å². The number of H-pyrrole nitrogens is 1. The number of unbranched alkanes of at least 4 members (excludes halogenated alkanes) is 2. The minimum Gasteiger partial charge on any atom is -0.346 e. The van der Waals surface area contributed by atoms with Gasteiger partial charge in [0.25, 0.3) is 0 Å². The van der Waals surface area contributed by atoms with Gasteiger partial charge in [0.1, 0.15) is 17.8 Å². The van der Waals surface area contributed by atoms with Crippen molar-refractivity contribution in [3.8, 4) is 11.3 Å². The molecule has 2 N–H and O–H groups in total. The second-order valence-electron chi connectivity index (χ2n) is 8.25. The van der Waals surface area contributed by atoms with Gasteiger partial charge in [0.2, 0.25) is 11.6 Å². The highest BCUT2D eigenvalue weighted by Crippen LogP contribution is 2.25. The van der Waals surface area contributed by atoms with Gasteiger partial charge in [-0.15, -0.1) is 0 Å². The lowest BCUT2D eigenvalue weighted by atomic mass is 10.0. The van der Waals surface area contributed by atoms with Crippen molar-refractivity contribution in [1.29, 1.82) is 0 Å². The number of ketones is 1. The molecule has 172 valence electrons. The first-order valence-electron chi connectivity index (χ1n) is 11.6. The van der Waals surface area contributed by atoms with Crippen LogP contribution in [0, 0.1) is 0 Å². The summed E-state index contributed by atoms with van der Waals surface area (Å²) >= 11 is 1.67. The first kappa shape index (κ1) is 23.2. The van der Waals surface area contributed by atoms with Crippen LogP contribution in [0.4, 0.5) is 0 Å². The molecule has 0 spiro atoms. The molecule has 0 aliphatic carbocycles. The van der Waals surface area contributed by atoms with E-state index < -0.39 is 0 Å². The van der Waals surface area contributed by atoms with E-state index in [0.29, 0.717) is 18.6 Å². The number of hydrogen-bond acceptors (Lipinski definition) is 5. The number of amides is 1. The van der Waals surface area contributed by atoms with Gasteiger partial charge in [-0.05, 0) is 35.2 Å². The van der Waals surface area contributed by atoms with Gasteiger partial charge in [-0.2, -0.15) is 4.58 Å². The van der Waals surface area contributed by atoms with Crippen molar-refractivity contribution >= 4 is 34.8 Å². The van der Waals surface area contributed by atoms with E-state index in [1.807, 2.05) is 54.2 Å². The average Bonchev–Trinajstić information content (AvgIpc) is 3.55. The Bertz CT molecular complexity index is 1090. The zero-order valence-corrected chi connectivity index (χ0v) is 19.7. The van der Waals surface area contributed by atoms with Crippen LogP contribution in [0.3, 0.4) is 0 Å². The zero-order chi connectivity index (χ0) is 23.0. The number of fused-ring (bicyclic) bond motifs is 1. The van der Waals surface area contributed by atoms with Crippen molar-refractivity contribution in [3.63, 3.8) is 0 Å². The van der Waals surface area contributed by atoms with E-state index in [1.165, 1.54) is 0 Å². The van der Waals surface area contributed by atoms with Gasteiger partial charge < -0.3 is 10.3 Å². The molecule has 1 aromatic heterocycles. The van der Waals surface area contributed by atoms with Crippen LogP contribution in [0.5, 0.6) is 0 Å². The number of amidine groups is 1. The number of imidazole rings is 1. The third-order valence-electron chi connectivity index (χ3n) is 5.76. The molecule has 2 aliphatic rings. The Morgan fingerprint density at radius 1 is 1.21 bits per heavy atom. The number of nitrogens with zero attached hydrogens (tertiary/aromatic N) is 3. The number of aliphatic imine (C=N–C) groups is 1. The number of carbonyl (C=O) groups is 2. The number of nitrogens with one attached hydrogen (secondary N) is 2. The van der Waals surface area contributed by atoms with Crippen molar-refractivity contribution in [3.05, 3.63) is 54.3 Å². The molecule has 3 heterocycles. The first-order chi connectivity index (χ1) is 16.1. The standard InChI is InChI=1S/C25H29N5O2S/c1-2-20(31)11-7-4-8-12-21(24-26-16-22(29-24)18-9-5-3-6-10-18)28-23(32)15-19-17-30-13-14-33-25(30)27-19/h3,5-6,9-10,13,16-17,21H,2,4,7-8,11-12,14-15H2,1H3,(H-,26,28,29,32)/p+1/t21-/m0/s1. The van der Waals surface area contributed by atoms with E-state index in [2.05, 4.69) is 26.5 Å². The molecule has 33 heavy (non-hydrogen) atoms. The summed E-state index contributed by atoms with van der Waals surface area (Å²) < 4.78 is 1.99.